The van der Waals surface area contributed by atoms with E-state index in [4.69, 9.17) is 4.74 Å². The monoisotopic (exact) mass is 374 g/mol. The lowest BCUT2D eigenvalue weighted by Crippen LogP contribution is -2.45. The van der Waals surface area contributed by atoms with E-state index in [1.807, 2.05) is 0 Å². The predicted octanol–water partition coefficient (Wildman–Crippen LogP) is 1.53. The van der Waals surface area contributed by atoms with Crippen molar-refractivity contribution in [1.29, 1.82) is 0 Å². The minimum atomic E-state index is -0.682. The molecule has 1 saturated carbocycles. The maximum absolute atomic E-state index is 14.3. The Bertz CT molecular complexity index is 907. The summed E-state index contributed by atoms with van der Waals surface area (Å²) in [6.07, 6.45) is 1.75. The topological polar surface area (TPSA) is 68.2 Å². The maximum Gasteiger partial charge on any atom is 0.272 e. The van der Waals surface area contributed by atoms with Crippen molar-refractivity contribution in [2.75, 3.05) is 26.2 Å². The number of halogens is 2. The molecule has 3 atom stereocenters. The molecule has 2 aromatic rings. The first-order chi connectivity index (χ1) is 13.1. The molecule has 1 aromatic heterocycles. The van der Waals surface area contributed by atoms with Gasteiger partial charge in [0.1, 0.15) is 11.5 Å². The molecule has 6 nitrogen and oxygen atoms in total. The third-order valence-corrected chi connectivity index (χ3v) is 5.61. The number of hydrogen-bond donors (Lipinski definition) is 2. The molecule has 1 amide bonds. The van der Waals surface area contributed by atoms with Gasteiger partial charge < -0.3 is 15.4 Å². The highest BCUT2D eigenvalue weighted by Crippen LogP contribution is 2.57. The SMILES string of the molecule is O=C(NCC1CNCCO1)c1nn(-c2ccc(F)cc2F)c2c1C[C@H]1C[C@@H]21. The van der Waals surface area contributed by atoms with Gasteiger partial charge in [0.15, 0.2) is 11.5 Å². The zero-order chi connectivity index (χ0) is 18.5. The first kappa shape index (κ1) is 16.8. The molecule has 1 saturated heterocycles. The van der Waals surface area contributed by atoms with Crippen LogP contribution in [-0.2, 0) is 11.2 Å². The third kappa shape index (κ3) is 2.93. The van der Waals surface area contributed by atoms with Crippen molar-refractivity contribution < 1.29 is 18.3 Å². The first-order valence-electron chi connectivity index (χ1n) is 9.29. The maximum atomic E-state index is 14.3. The summed E-state index contributed by atoms with van der Waals surface area (Å²) in [6, 6.07) is 3.42. The van der Waals surface area contributed by atoms with E-state index in [1.165, 1.54) is 16.8 Å². The van der Waals surface area contributed by atoms with Gasteiger partial charge in [0.2, 0.25) is 0 Å². The molecular weight excluding hydrogens is 354 g/mol. The van der Waals surface area contributed by atoms with Crippen molar-refractivity contribution in [1.82, 2.24) is 20.4 Å². The van der Waals surface area contributed by atoms with E-state index in [9.17, 15) is 13.6 Å². The molecule has 0 radical (unpaired) electrons. The second-order valence-corrected chi connectivity index (χ2v) is 7.43. The second kappa shape index (κ2) is 6.38. The van der Waals surface area contributed by atoms with Crippen LogP contribution in [-0.4, -0.2) is 48.0 Å². The van der Waals surface area contributed by atoms with Gasteiger partial charge in [-0.1, -0.05) is 0 Å². The van der Waals surface area contributed by atoms with E-state index in [1.54, 1.807) is 0 Å². The van der Waals surface area contributed by atoms with E-state index in [0.717, 1.165) is 36.7 Å². The Labute approximate surface area is 154 Å². The molecule has 1 unspecified atom stereocenters. The number of amides is 1. The molecule has 27 heavy (non-hydrogen) atoms. The Morgan fingerprint density at radius 2 is 2.30 bits per heavy atom. The van der Waals surface area contributed by atoms with Crippen LogP contribution in [0, 0.1) is 17.6 Å². The lowest BCUT2D eigenvalue weighted by atomic mass is 10.1. The number of morpholine rings is 1. The molecule has 5 rings (SSSR count). The van der Waals surface area contributed by atoms with E-state index in [-0.39, 0.29) is 17.7 Å². The Kier molecular flexibility index (Phi) is 3.98. The lowest BCUT2D eigenvalue weighted by Gasteiger charge is -2.23. The fourth-order valence-corrected chi connectivity index (χ4v) is 4.18. The van der Waals surface area contributed by atoms with Gasteiger partial charge in [0.25, 0.3) is 5.91 Å². The average Bonchev–Trinajstić information content (AvgIpc) is 3.17. The summed E-state index contributed by atoms with van der Waals surface area (Å²) in [5.41, 5.74) is 2.30. The number of nitrogens with one attached hydrogen (secondary N) is 2. The van der Waals surface area contributed by atoms with Gasteiger partial charge in [-0.3, -0.25) is 4.79 Å². The Hall–Kier alpha value is -2.32. The zero-order valence-corrected chi connectivity index (χ0v) is 14.7. The van der Waals surface area contributed by atoms with Gasteiger partial charge in [0, 0.05) is 37.2 Å². The molecule has 2 N–H and O–H groups in total. The highest BCUT2D eigenvalue weighted by atomic mass is 19.1. The second-order valence-electron chi connectivity index (χ2n) is 7.43. The smallest absolute Gasteiger partial charge is 0.272 e. The van der Waals surface area contributed by atoms with Crippen LogP contribution in [0.15, 0.2) is 18.2 Å². The molecule has 142 valence electrons. The number of ether oxygens (including phenoxy) is 1. The molecule has 1 aliphatic heterocycles. The molecule has 1 aromatic carbocycles. The van der Waals surface area contributed by atoms with E-state index in [0.29, 0.717) is 37.2 Å². The van der Waals surface area contributed by atoms with Crippen LogP contribution >= 0.6 is 0 Å². The molecule has 2 heterocycles. The summed E-state index contributed by atoms with van der Waals surface area (Å²) in [4.78, 5) is 12.7. The quantitative estimate of drug-likeness (QED) is 0.852. The predicted molar refractivity (Wildman–Crippen MR) is 93.0 cm³/mol. The van der Waals surface area contributed by atoms with Crippen LogP contribution < -0.4 is 10.6 Å². The molecular formula is C19H20F2N4O2. The Morgan fingerprint density at radius 3 is 3.07 bits per heavy atom. The fourth-order valence-electron chi connectivity index (χ4n) is 4.18. The van der Waals surface area contributed by atoms with Crippen LogP contribution in [0.5, 0.6) is 0 Å². The summed E-state index contributed by atoms with van der Waals surface area (Å²) in [6.45, 7) is 2.52. The Balaban J connectivity index is 1.44. The molecule has 2 aliphatic carbocycles. The normalized spacial score (nSPS) is 25.8. The summed E-state index contributed by atoms with van der Waals surface area (Å²) in [5, 5.41) is 10.5. The van der Waals surface area contributed by atoms with Gasteiger partial charge in [-0.2, -0.15) is 5.10 Å². The molecule has 3 aliphatic rings. The van der Waals surface area contributed by atoms with Crippen LogP contribution in [0.4, 0.5) is 8.78 Å². The largest absolute Gasteiger partial charge is 0.374 e. The number of fused-ring (bicyclic) bond motifs is 3. The average molecular weight is 374 g/mol. The van der Waals surface area contributed by atoms with Gasteiger partial charge in [-0.15, -0.1) is 0 Å². The van der Waals surface area contributed by atoms with Gasteiger partial charge in [-0.25, -0.2) is 13.5 Å². The van der Waals surface area contributed by atoms with E-state index < -0.39 is 11.6 Å². The number of benzene rings is 1. The van der Waals surface area contributed by atoms with Crippen LogP contribution in [0.25, 0.3) is 5.69 Å². The van der Waals surface area contributed by atoms with Gasteiger partial charge >= 0.3 is 0 Å². The minimum Gasteiger partial charge on any atom is -0.374 e. The van der Waals surface area contributed by atoms with Crippen LogP contribution in [0.3, 0.4) is 0 Å². The number of nitrogens with zero attached hydrogens (tertiary/aromatic N) is 2. The van der Waals surface area contributed by atoms with E-state index >= 15 is 0 Å². The molecule has 8 heteroatoms. The number of rotatable bonds is 4. The molecule has 2 fully saturated rings. The van der Waals surface area contributed by atoms with Gasteiger partial charge in [-0.05, 0) is 30.9 Å². The summed E-state index contributed by atoms with van der Waals surface area (Å²) >= 11 is 0. The van der Waals surface area contributed by atoms with Crippen molar-refractivity contribution in [3.05, 3.63) is 46.8 Å². The summed E-state index contributed by atoms with van der Waals surface area (Å²) in [7, 11) is 0. The van der Waals surface area contributed by atoms with Gasteiger partial charge in [0.05, 0.1) is 18.4 Å². The third-order valence-electron chi connectivity index (χ3n) is 5.61. The summed E-state index contributed by atoms with van der Waals surface area (Å²) < 4.78 is 34.7. The van der Waals surface area contributed by atoms with Crippen molar-refractivity contribution >= 4 is 5.91 Å². The van der Waals surface area contributed by atoms with Crippen molar-refractivity contribution in [3.8, 4) is 5.69 Å². The van der Waals surface area contributed by atoms with E-state index in [2.05, 4.69) is 15.7 Å². The molecule has 0 spiro atoms. The zero-order valence-electron chi connectivity index (χ0n) is 14.7. The number of aromatic nitrogens is 2. The summed E-state index contributed by atoms with van der Waals surface area (Å²) in [5.74, 6) is -0.779. The number of carbonyl (C=O) groups excluding carboxylic acids is 1. The highest BCUT2D eigenvalue weighted by Gasteiger charge is 2.50. The molecule has 0 bridgehead atoms. The van der Waals surface area contributed by atoms with Crippen molar-refractivity contribution in [2.45, 2.75) is 24.9 Å². The standard InChI is InChI=1S/C19H20F2N4O2/c20-11-1-2-16(15(21)7-11)25-18-13-5-10(13)6-14(18)17(24-25)19(26)23-9-12-8-22-3-4-27-12/h1-2,7,10,12-13,22H,3-6,8-9H2,(H,23,26)/t10-,12?,13-/m1/s1. The first-order valence-corrected chi connectivity index (χ1v) is 9.29. The number of hydrogen-bond acceptors (Lipinski definition) is 4. The van der Waals surface area contributed by atoms with Crippen LogP contribution in [0.2, 0.25) is 0 Å². The highest BCUT2D eigenvalue weighted by molar-refractivity contribution is 5.94. The Morgan fingerprint density at radius 1 is 1.41 bits per heavy atom. The van der Waals surface area contributed by atoms with Crippen molar-refractivity contribution in [3.63, 3.8) is 0 Å². The van der Waals surface area contributed by atoms with Crippen molar-refractivity contribution in [2.24, 2.45) is 5.92 Å². The fraction of sp³-hybridized carbons (Fsp3) is 0.474. The minimum absolute atomic E-state index is 0.0687. The number of carbonyl (C=O) groups is 1. The lowest BCUT2D eigenvalue weighted by molar-refractivity contribution is 0.0286. The van der Waals surface area contributed by atoms with Crippen LogP contribution in [0.1, 0.15) is 34.1 Å².